The van der Waals surface area contributed by atoms with E-state index in [1.165, 1.54) is 18.2 Å². The van der Waals surface area contributed by atoms with Gasteiger partial charge in [0.15, 0.2) is 5.69 Å². The monoisotopic (exact) mass is 462 g/mol. The third-order valence-electron chi connectivity index (χ3n) is 4.40. The van der Waals surface area contributed by atoms with Crippen molar-refractivity contribution in [2.75, 3.05) is 0 Å². The third-order valence-corrected chi connectivity index (χ3v) is 4.75. The summed E-state index contributed by atoms with van der Waals surface area (Å²) in [6, 6.07) is 6.23. The van der Waals surface area contributed by atoms with Crippen LogP contribution in [0.2, 0.25) is 5.02 Å². The number of carbonyl (C=O) groups is 1. The average molecular weight is 463 g/mol. The molecule has 2 aromatic heterocycles. The number of pyridine rings is 1. The first-order chi connectivity index (χ1) is 14.4. The highest BCUT2D eigenvalue weighted by molar-refractivity contribution is 6.31. The number of hydrogen-bond acceptors (Lipinski definition) is 3. The number of alkyl halides is 6. The number of nitrogens with zero attached hydrogens (tertiary/aromatic N) is 3. The van der Waals surface area contributed by atoms with Gasteiger partial charge in [-0.25, -0.2) is 4.68 Å². The molecule has 3 aromatic rings. The second-order valence-corrected chi connectivity index (χ2v) is 6.88. The molecule has 31 heavy (non-hydrogen) atoms. The van der Waals surface area contributed by atoms with Gasteiger partial charge in [0.2, 0.25) is 0 Å². The van der Waals surface area contributed by atoms with Gasteiger partial charge in [-0.05, 0) is 48.2 Å². The quantitative estimate of drug-likeness (QED) is 0.551. The molecular weight excluding hydrogens is 450 g/mol. The average Bonchev–Trinajstić information content (AvgIpc) is 3.16. The maximum absolute atomic E-state index is 13.4. The third kappa shape index (κ3) is 4.98. The van der Waals surface area contributed by atoms with Crippen molar-refractivity contribution < 1.29 is 31.1 Å². The molecule has 0 fully saturated rings. The lowest BCUT2D eigenvalue weighted by Gasteiger charge is -2.15. The molecule has 0 saturated carbocycles. The Hall–Kier alpha value is -3.08. The van der Waals surface area contributed by atoms with Crippen molar-refractivity contribution >= 4 is 17.5 Å². The fraction of sp³-hybridized carbons (Fsp3) is 0.211. The standard InChI is InChI=1S/C19H13ClF6N4O/c20-13-9-12(30-8-6-14(29-30)18(21,22)23)4-3-10(13)1-2-11-5-7-28-16(17(27)31)15(11)19(24,25)26/h3-9H,1-2H2,(H2,27,31). The van der Waals surface area contributed by atoms with Gasteiger partial charge in [0.25, 0.3) is 5.91 Å². The predicted molar refractivity (Wildman–Crippen MR) is 98.7 cm³/mol. The van der Waals surface area contributed by atoms with E-state index < -0.39 is 35.2 Å². The first kappa shape index (κ1) is 22.6. The SMILES string of the molecule is NC(=O)c1nccc(CCc2ccc(-n3ccc(C(F)(F)F)n3)cc2Cl)c1C(F)(F)F. The van der Waals surface area contributed by atoms with E-state index in [0.29, 0.717) is 5.56 Å². The minimum absolute atomic E-state index is 0.0668. The van der Waals surface area contributed by atoms with Crippen LogP contribution < -0.4 is 5.73 Å². The largest absolute Gasteiger partial charge is 0.435 e. The van der Waals surface area contributed by atoms with Gasteiger partial charge in [0, 0.05) is 17.4 Å². The molecule has 0 aliphatic heterocycles. The summed E-state index contributed by atoms with van der Waals surface area (Å²) in [7, 11) is 0. The van der Waals surface area contributed by atoms with E-state index in [0.717, 1.165) is 29.2 Å². The van der Waals surface area contributed by atoms with Crippen molar-refractivity contribution in [2.45, 2.75) is 25.2 Å². The summed E-state index contributed by atoms with van der Waals surface area (Å²) in [6.45, 7) is 0. The van der Waals surface area contributed by atoms with Crippen LogP contribution in [-0.4, -0.2) is 20.7 Å². The molecule has 0 radical (unpaired) electrons. The smallest absolute Gasteiger partial charge is 0.364 e. The van der Waals surface area contributed by atoms with Crippen LogP contribution in [0.5, 0.6) is 0 Å². The van der Waals surface area contributed by atoms with Crippen LogP contribution in [0.1, 0.15) is 32.9 Å². The van der Waals surface area contributed by atoms with Crippen LogP contribution in [0.25, 0.3) is 5.69 Å². The normalized spacial score (nSPS) is 12.2. The molecule has 1 amide bonds. The Bertz CT molecular complexity index is 1120. The Labute approximate surface area is 176 Å². The molecule has 0 aliphatic rings. The van der Waals surface area contributed by atoms with Gasteiger partial charge in [-0.1, -0.05) is 17.7 Å². The summed E-state index contributed by atoms with van der Waals surface area (Å²) in [4.78, 5) is 14.8. The number of carbonyl (C=O) groups excluding carboxylic acids is 1. The van der Waals surface area contributed by atoms with Crippen LogP contribution >= 0.6 is 11.6 Å². The van der Waals surface area contributed by atoms with Crippen LogP contribution in [0.3, 0.4) is 0 Å². The number of aryl methyl sites for hydroxylation is 2. The van der Waals surface area contributed by atoms with Crippen molar-refractivity contribution in [2.24, 2.45) is 5.73 Å². The number of halogens is 7. The van der Waals surface area contributed by atoms with Crippen LogP contribution in [0, 0.1) is 0 Å². The van der Waals surface area contributed by atoms with Crippen molar-refractivity contribution in [3.05, 3.63) is 75.8 Å². The highest BCUT2D eigenvalue weighted by Gasteiger charge is 2.38. The summed E-state index contributed by atoms with van der Waals surface area (Å²) >= 11 is 6.18. The van der Waals surface area contributed by atoms with E-state index in [2.05, 4.69) is 10.1 Å². The van der Waals surface area contributed by atoms with Gasteiger partial charge in [-0.2, -0.15) is 31.4 Å². The van der Waals surface area contributed by atoms with E-state index in [9.17, 15) is 31.1 Å². The molecule has 2 N–H and O–H groups in total. The highest BCUT2D eigenvalue weighted by atomic mass is 35.5. The minimum atomic E-state index is -4.84. The predicted octanol–water partition coefficient (Wildman–Crippen LogP) is 4.84. The van der Waals surface area contributed by atoms with Gasteiger partial charge in [0.05, 0.1) is 11.3 Å². The molecule has 0 unspecified atom stereocenters. The van der Waals surface area contributed by atoms with E-state index >= 15 is 0 Å². The van der Waals surface area contributed by atoms with Crippen LogP contribution in [0.15, 0.2) is 42.7 Å². The van der Waals surface area contributed by atoms with Crippen molar-refractivity contribution in [3.63, 3.8) is 0 Å². The summed E-state index contributed by atoms with van der Waals surface area (Å²) in [5.74, 6) is -1.30. The first-order valence-corrected chi connectivity index (χ1v) is 9.02. The highest BCUT2D eigenvalue weighted by Crippen LogP contribution is 2.35. The second-order valence-electron chi connectivity index (χ2n) is 6.47. The molecule has 1 aromatic carbocycles. The number of nitrogens with two attached hydrogens (primary N) is 1. The zero-order chi connectivity index (χ0) is 23.0. The lowest BCUT2D eigenvalue weighted by Crippen LogP contribution is -2.22. The van der Waals surface area contributed by atoms with E-state index in [4.69, 9.17) is 17.3 Å². The minimum Gasteiger partial charge on any atom is -0.364 e. The Morgan fingerprint density at radius 3 is 2.23 bits per heavy atom. The zero-order valence-electron chi connectivity index (χ0n) is 15.4. The van der Waals surface area contributed by atoms with Gasteiger partial charge < -0.3 is 5.73 Å². The molecular formula is C19H13ClF6N4O. The fourth-order valence-electron chi connectivity index (χ4n) is 2.98. The maximum Gasteiger partial charge on any atom is 0.435 e. The summed E-state index contributed by atoms with van der Waals surface area (Å²) < 4.78 is 79.4. The summed E-state index contributed by atoms with van der Waals surface area (Å²) in [5, 5.41) is 3.58. The number of primary amides is 1. The first-order valence-electron chi connectivity index (χ1n) is 8.64. The molecule has 2 heterocycles. The van der Waals surface area contributed by atoms with Crippen LogP contribution in [0.4, 0.5) is 26.3 Å². The van der Waals surface area contributed by atoms with Gasteiger partial charge >= 0.3 is 12.4 Å². The van der Waals surface area contributed by atoms with Gasteiger partial charge in [-0.15, -0.1) is 0 Å². The van der Waals surface area contributed by atoms with Crippen molar-refractivity contribution in [1.82, 2.24) is 14.8 Å². The zero-order valence-corrected chi connectivity index (χ0v) is 16.2. The molecule has 3 rings (SSSR count). The Morgan fingerprint density at radius 2 is 1.68 bits per heavy atom. The Morgan fingerprint density at radius 1 is 1.00 bits per heavy atom. The van der Waals surface area contributed by atoms with E-state index in [1.54, 1.807) is 0 Å². The molecule has 0 saturated heterocycles. The fourth-order valence-corrected chi connectivity index (χ4v) is 3.25. The van der Waals surface area contributed by atoms with E-state index in [1.807, 2.05) is 0 Å². The molecule has 0 aliphatic carbocycles. The Balaban J connectivity index is 1.85. The number of aromatic nitrogens is 3. The van der Waals surface area contributed by atoms with Gasteiger partial charge in [-0.3, -0.25) is 9.78 Å². The molecule has 5 nitrogen and oxygen atoms in total. The molecule has 0 bridgehead atoms. The number of amides is 1. The maximum atomic E-state index is 13.4. The topological polar surface area (TPSA) is 73.8 Å². The number of hydrogen-bond donors (Lipinski definition) is 1. The molecule has 12 heteroatoms. The van der Waals surface area contributed by atoms with Crippen LogP contribution in [-0.2, 0) is 25.2 Å². The lowest BCUT2D eigenvalue weighted by molar-refractivity contribution is -0.141. The summed E-state index contributed by atoms with van der Waals surface area (Å²) in [5.41, 5.74) is 2.39. The second kappa shape index (κ2) is 8.22. The molecule has 164 valence electrons. The molecule has 0 atom stereocenters. The van der Waals surface area contributed by atoms with E-state index in [-0.39, 0.29) is 29.1 Å². The van der Waals surface area contributed by atoms with Gasteiger partial charge in [0.1, 0.15) is 5.69 Å². The summed E-state index contributed by atoms with van der Waals surface area (Å²) in [6.07, 6.45) is -7.32. The Kier molecular flexibility index (Phi) is 5.99. The van der Waals surface area contributed by atoms with Crippen molar-refractivity contribution in [1.29, 1.82) is 0 Å². The molecule has 0 spiro atoms. The number of rotatable bonds is 5. The number of benzene rings is 1. The lowest BCUT2D eigenvalue weighted by atomic mass is 9.98. The van der Waals surface area contributed by atoms with Crippen molar-refractivity contribution in [3.8, 4) is 5.69 Å².